The van der Waals surface area contributed by atoms with Crippen LogP contribution in [0.3, 0.4) is 0 Å². The van der Waals surface area contributed by atoms with Crippen molar-refractivity contribution in [3.8, 4) is 0 Å². The van der Waals surface area contributed by atoms with Crippen molar-refractivity contribution in [1.29, 1.82) is 0 Å². The van der Waals surface area contributed by atoms with Gasteiger partial charge >= 0.3 is 6.09 Å². The average molecular weight is 888 g/mol. The van der Waals surface area contributed by atoms with Gasteiger partial charge < -0.3 is 41.0 Å². The van der Waals surface area contributed by atoms with E-state index in [1.54, 1.807) is 63.4 Å². The van der Waals surface area contributed by atoms with Crippen LogP contribution in [0, 0.1) is 17.8 Å². The second-order valence-electron chi connectivity index (χ2n) is 16.9. The molecule has 3 aromatic rings. The van der Waals surface area contributed by atoms with Crippen LogP contribution in [0.25, 0.3) is 0 Å². The summed E-state index contributed by atoms with van der Waals surface area (Å²) in [5, 5.41) is 16.2. The highest BCUT2D eigenvalue weighted by molar-refractivity contribution is 6.01. The summed E-state index contributed by atoms with van der Waals surface area (Å²) in [5.74, 6) is -4.75. The lowest BCUT2D eigenvalue weighted by atomic mass is 9.96. The van der Waals surface area contributed by atoms with Gasteiger partial charge in [-0.25, -0.2) is 9.78 Å². The number of hydrogen-bond donors (Lipinski definition) is 7. The van der Waals surface area contributed by atoms with E-state index >= 15 is 0 Å². The van der Waals surface area contributed by atoms with Crippen molar-refractivity contribution in [2.45, 2.75) is 104 Å². The van der Waals surface area contributed by atoms with Gasteiger partial charge in [-0.05, 0) is 35.3 Å². The number of carbonyl (C=O) groups is 7. The summed E-state index contributed by atoms with van der Waals surface area (Å²) in [6, 6.07) is 12.3. The van der Waals surface area contributed by atoms with E-state index in [4.69, 9.17) is 9.47 Å². The average Bonchev–Trinajstić information content (AvgIpc) is 3.79. The first kappa shape index (κ1) is 50.5. The number of imide groups is 1. The molecule has 0 bridgehead atoms. The van der Waals surface area contributed by atoms with Gasteiger partial charge in [0.2, 0.25) is 35.4 Å². The highest BCUT2D eigenvalue weighted by atomic mass is 16.5. The maximum Gasteiger partial charge on any atom is 0.408 e. The number of alkyl carbamates (subject to hydrolysis) is 1. The summed E-state index contributed by atoms with van der Waals surface area (Å²) in [6.07, 6.45) is 2.85. The molecule has 1 aromatic heterocycles. The number of benzene rings is 2. The van der Waals surface area contributed by atoms with E-state index in [2.05, 4.69) is 41.9 Å². The minimum absolute atomic E-state index is 0.00509. The molecule has 1 fully saturated rings. The van der Waals surface area contributed by atoms with Crippen LogP contribution in [0.5, 0.6) is 0 Å². The lowest BCUT2D eigenvalue weighted by Gasteiger charge is -2.30. The van der Waals surface area contributed by atoms with Gasteiger partial charge in [0, 0.05) is 32.1 Å². The van der Waals surface area contributed by atoms with Crippen LogP contribution in [-0.4, -0.2) is 119 Å². The number of carbonyl (C=O) groups excluding carboxylic acids is 7. The molecule has 0 unspecified atom stereocenters. The van der Waals surface area contributed by atoms with Gasteiger partial charge in [0.15, 0.2) is 0 Å². The molecule has 2 aromatic carbocycles. The van der Waals surface area contributed by atoms with Crippen molar-refractivity contribution < 1.29 is 43.0 Å². The van der Waals surface area contributed by atoms with Crippen LogP contribution in [-0.2, 0) is 57.7 Å². The van der Waals surface area contributed by atoms with Crippen LogP contribution in [0.4, 0.5) is 4.79 Å². The third-order valence-corrected chi connectivity index (χ3v) is 10.8. The second kappa shape index (κ2) is 25.8. The van der Waals surface area contributed by atoms with E-state index in [1.807, 2.05) is 49.9 Å². The Morgan fingerprint density at radius 1 is 0.703 bits per heavy atom. The number of aromatic amines is 1. The Balaban J connectivity index is 1.49. The number of nitrogens with one attached hydrogen (secondary N) is 7. The van der Waals surface area contributed by atoms with E-state index in [0.29, 0.717) is 38.4 Å². The van der Waals surface area contributed by atoms with Gasteiger partial charge in [-0.2, -0.15) is 0 Å². The molecule has 0 aliphatic carbocycles. The molecule has 1 saturated heterocycles. The lowest BCUT2D eigenvalue weighted by molar-refractivity contribution is -0.137. The number of nitrogens with zero attached hydrogens (tertiary/aromatic N) is 2. The zero-order chi connectivity index (χ0) is 46.6. The number of morpholine rings is 1. The molecule has 0 saturated carbocycles. The van der Waals surface area contributed by atoms with Gasteiger partial charge in [0.05, 0.1) is 31.8 Å². The molecule has 7 amide bonds. The predicted octanol–water partition coefficient (Wildman–Crippen LogP) is 2.15. The smallest absolute Gasteiger partial charge is 0.408 e. The molecule has 2 heterocycles. The molecule has 0 radical (unpaired) electrons. The monoisotopic (exact) mass is 887 g/mol. The van der Waals surface area contributed by atoms with E-state index in [9.17, 15) is 33.6 Å². The fourth-order valence-corrected chi connectivity index (χ4v) is 6.99. The first-order valence-corrected chi connectivity index (χ1v) is 22.0. The Bertz CT molecular complexity index is 1960. The summed E-state index contributed by atoms with van der Waals surface area (Å²) < 4.78 is 10.8. The Hall–Kier alpha value is -6.14. The van der Waals surface area contributed by atoms with Crippen molar-refractivity contribution in [1.82, 2.24) is 46.8 Å². The zero-order valence-electron chi connectivity index (χ0n) is 37.7. The quantitative estimate of drug-likeness (QED) is 0.0728. The number of aromatic nitrogens is 2. The molecule has 1 aliphatic rings. The number of hydrogen-bond acceptors (Lipinski definition) is 11. The maximum atomic E-state index is 14.2. The van der Waals surface area contributed by atoms with Crippen molar-refractivity contribution in [2.24, 2.45) is 17.8 Å². The molecule has 6 atom stereocenters. The van der Waals surface area contributed by atoms with E-state index < -0.39 is 77.7 Å². The number of imidazole rings is 1. The van der Waals surface area contributed by atoms with Crippen LogP contribution in [0.2, 0.25) is 0 Å². The standard InChI is InChI=1S/C46H65N9O9/c1-7-31(6)40(45(61)52-38(56)26-55-18-20-63-21-19-55)54-44(60)39(30(4)5)53-43(59)35(22-29(2)3)49-42(58)37(24-34-25-47-28-48-34)50-41(57)36(23-32-14-10-8-11-15-32)51-46(62)64-27-33-16-12-9-13-17-33/h8-17,25,28-31,35-37,39-40H,7,18-24,26-27H2,1-6H3,(H,47,48)(H,49,58)(H,50,57)(H,51,62)(H,53,59)(H,54,60)(H,52,56,61)/t31-,35-,36-,37-,39-,40-/m0/s1. The van der Waals surface area contributed by atoms with E-state index in [-0.39, 0.29) is 44.2 Å². The third kappa shape index (κ3) is 16.9. The Kier molecular flexibility index (Phi) is 20.4. The van der Waals surface area contributed by atoms with Gasteiger partial charge in [-0.1, -0.05) is 109 Å². The highest BCUT2D eigenvalue weighted by Gasteiger charge is 2.35. The molecule has 4 rings (SSSR count). The van der Waals surface area contributed by atoms with Crippen LogP contribution < -0.4 is 31.9 Å². The minimum Gasteiger partial charge on any atom is -0.445 e. The number of ether oxygens (including phenoxy) is 2. The van der Waals surface area contributed by atoms with E-state index in [0.717, 1.165) is 11.1 Å². The lowest BCUT2D eigenvalue weighted by Crippen LogP contribution is -2.61. The maximum absolute atomic E-state index is 14.2. The van der Waals surface area contributed by atoms with Gasteiger partial charge in [0.1, 0.15) is 36.8 Å². The summed E-state index contributed by atoms with van der Waals surface area (Å²) in [7, 11) is 0. The fourth-order valence-electron chi connectivity index (χ4n) is 6.99. The number of H-pyrrole nitrogens is 1. The summed E-state index contributed by atoms with van der Waals surface area (Å²) >= 11 is 0. The predicted molar refractivity (Wildman–Crippen MR) is 238 cm³/mol. The molecule has 0 spiro atoms. The molecule has 7 N–H and O–H groups in total. The Labute approximate surface area is 375 Å². The first-order chi connectivity index (χ1) is 30.6. The summed E-state index contributed by atoms with van der Waals surface area (Å²) in [5.41, 5.74) is 1.94. The first-order valence-electron chi connectivity index (χ1n) is 22.0. The zero-order valence-corrected chi connectivity index (χ0v) is 37.7. The fraction of sp³-hybridized carbons (Fsp3) is 0.522. The number of amides is 7. The van der Waals surface area contributed by atoms with Crippen LogP contribution >= 0.6 is 0 Å². The third-order valence-electron chi connectivity index (χ3n) is 10.8. The summed E-state index contributed by atoms with van der Waals surface area (Å²) in [4.78, 5) is 105. The van der Waals surface area contributed by atoms with Crippen molar-refractivity contribution >= 4 is 41.5 Å². The normalized spacial score (nSPS) is 15.7. The molecule has 18 nitrogen and oxygen atoms in total. The highest BCUT2D eigenvalue weighted by Crippen LogP contribution is 2.13. The van der Waals surface area contributed by atoms with Gasteiger partial charge in [0.25, 0.3) is 0 Å². The van der Waals surface area contributed by atoms with Crippen LogP contribution in [0.15, 0.2) is 73.2 Å². The number of rotatable bonds is 23. The molecule has 1 aliphatic heterocycles. The van der Waals surface area contributed by atoms with Crippen LogP contribution in [0.1, 0.15) is 71.2 Å². The molecule has 64 heavy (non-hydrogen) atoms. The minimum atomic E-state index is -1.26. The molecular formula is C46H65N9O9. The molecule has 348 valence electrons. The summed E-state index contributed by atoms with van der Waals surface area (Å²) in [6.45, 7) is 12.9. The Morgan fingerprint density at radius 3 is 1.86 bits per heavy atom. The van der Waals surface area contributed by atoms with Crippen molar-refractivity contribution in [3.05, 3.63) is 90.0 Å². The Morgan fingerprint density at radius 2 is 1.28 bits per heavy atom. The molecule has 18 heteroatoms. The topological polar surface area (TPSA) is 242 Å². The van der Waals surface area contributed by atoms with Crippen molar-refractivity contribution in [3.63, 3.8) is 0 Å². The van der Waals surface area contributed by atoms with E-state index in [1.165, 1.54) is 6.33 Å². The SMILES string of the molecule is CC[C@H](C)[C@H](NC(=O)[C@@H](NC(=O)[C@H](CC(C)C)NC(=O)[C@H](Cc1c[nH]cn1)NC(=O)[C@H](Cc1ccccc1)NC(=O)OCc1ccccc1)C(C)C)C(=O)NC(=O)CN1CCOCC1. The van der Waals surface area contributed by atoms with Crippen molar-refractivity contribution in [2.75, 3.05) is 32.8 Å². The molecular weight excluding hydrogens is 823 g/mol. The van der Waals surface area contributed by atoms with Gasteiger partial charge in [-0.3, -0.25) is 39.0 Å². The largest absolute Gasteiger partial charge is 0.445 e. The second-order valence-corrected chi connectivity index (χ2v) is 16.9. The van der Waals surface area contributed by atoms with Gasteiger partial charge in [-0.15, -0.1) is 0 Å².